The lowest BCUT2D eigenvalue weighted by atomic mass is 9.86. The third-order valence-corrected chi connectivity index (χ3v) is 9.11. The van der Waals surface area contributed by atoms with Crippen molar-refractivity contribution in [2.24, 2.45) is 0 Å². The summed E-state index contributed by atoms with van der Waals surface area (Å²) in [5.74, 6) is 0.903. The summed E-state index contributed by atoms with van der Waals surface area (Å²) < 4.78 is 6.23. The van der Waals surface area contributed by atoms with Crippen molar-refractivity contribution in [2.75, 3.05) is 16.8 Å². The van der Waals surface area contributed by atoms with Crippen LogP contribution in [0.15, 0.2) is 66.9 Å². The average Bonchev–Trinajstić information content (AvgIpc) is 3.55. The number of fused-ring (bicyclic) bond motifs is 1. The van der Waals surface area contributed by atoms with Crippen molar-refractivity contribution in [3.63, 3.8) is 0 Å². The maximum Gasteiger partial charge on any atom is 0.174 e. The van der Waals surface area contributed by atoms with Crippen LogP contribution in [-0.4, -0.2) is 28.8 Å². The lowest BCUT2D eigenvalue weighted by Gasteiger charge is -2.41. The van der Waals surface area contributed by atoms with E-state index in [9.17, 15) is 0 Å². The van der Waals surface area contributed by atoms with E-state index in [0.29, 0.717) is 11.2 Å². The monoisotopic (exact) mass is 558 g/mol. The van der Waals surface area contributed by atoms with Crippen molar-refractivity contribution < 1.29 is 4.74 Å². The Hall–Kier alpha value is -3.09. The van der Waals surface area contributed by atoms with Crippen LogP contribution in [0, 0.1) is 0 Å². The van der Waals surface area contributed by atoms with Crippen LogP contribution < -0.4 is 19.9 Å². The smallest absolute Gasteiger partial charge is 0.174 e. The highest BCUT2D eigenvalue weighted by Crippen LogP contribution is 2.48. The van der Waals surface area contributed by atoms with Gasteiger partial charge in [0.25, 0.3) is 0 Å². The predicted octanol–water partition coefficient (Wildman–Crippen LogP) is 7.87. The molecule has 6 rings (SSSR count). The van der Waals surface area contributed by atoms with Gasteiger partial charge in [-0.25, -0.2) is 0 Å². The lowest BCUT2D eigenvalue weighted by Crippen LogP contribution is -2.42. The SMILES string of the molecule is CC1=CC(C)(C)N(C)c2cc(Cl)c([C@@H]3[C@@H](c4ccccn4)NC(=S)N3c3ccc(OC4CCCC4)cc3)cc21. The molecule has 3 aromatic rings. The lowest BCUT2D eigenvalue weighted by molar-refractivity contribution is 0.210. The standard InChI is InChI=1S/C32H35ClN4OS/c1-20-19-32(2,3)36(4)28-18-26(33)25(17-24(20)28)30-29(27-11-7-8-16-34-27)35-31(39)37(30)21-12-14-23(15-13-21)38-22-9-5-6-10-22/h7-8,11-19,22,29-30H,5-6,9-10H2,1-4H3,(H,35,39)/t29-,30-/m1/s1. The molecule has 2 fully saturated rings. The number of anilines is 2. The largest absolute Gasteiger partial charge is 0.490 e. The molecule has 1 saturated heterocycles. The molecule has 2 atom stereocenters. The number of ether oxygens (including phenoxy) is 1. The van der Waals surface area contributed by atoms with Gasteiger partial charge >= 0.3 is 0 Å². The first-order chi connectivity index (χ1) is 18.7. The topological polar surface area (TPSA) is 40.6 Å². The third kappa shape index (κ3) is 4.78. The van der Waals surface area contributed by atoms with Crippen molar-refractivity contribution in [2.45, 2.75) is 70.2 Å². The van der Waals surface area contributed by atoms with Crippen LogP contribution in [0.2, 0.25) is 5.02 Å². The number of pyridine rings is 1. The highest BCUT2D eigenvalue weighted by molar-refractivity contribution is 7.80. The number of rotatable bonds is 5. The minimum Gasteiger partial charge on any atom is -0.490 e. The first-order valence-corrected chi connectivity index (χ1v) is 14.6. The van der Waals surface area contributed by atoms with Gasteiger partial charge in [-0.1, -0.05) is 23.7 Å². The molecular formula is C32H35ClN4OS. The highest BCUT2D eigenvalue weighted by atomic mass is 35.5. The van der Waals surface area contributed by atoms with Gasteiger partial charge in [-0.05, 0) is 118 Å². The van der Waals surface area contributed by atoms with Crippen LogP contribution in [0.3, 0.4) is 0 Å². The minimum absolute atomic E-state index is 0.0940. The second kappa shape index (κ2) is 10.1. The van der Waals surface area contributed by atoms with Crippen molar-refractivity contribution in [1.82, 2.24) is 10.3 Å². The van der Waals surface area contributed by atoms with Gasteiger partial charge in [0, 0.05) is 35.2 Å². The number of thiocarbonyl (C=S) groups is 1. The van der Waals surface area contributed by atoms with Crippen LogP contribution in [0.25, 0.3) is 5.57 Å². The van der Waals surface area contributed by atoms with Crippen LogP contribution in [0.1, 0.15) is 75.4 Å². The molecule has 0 bridgehead atoms. The summed E-state index contributed by atoms with van der Waals surface area (Å²) in [6.07, 6.45) is 9.22. The number of aromatic nitrogens is 1. The Labute approximate surface area is 241 Å². The number of likely N-dealkylation sites (N-methyl/N-ethyl adjacent to an activating group) is 1. The van der Waals surface area contributed by atoms with E-state index in [1.165, 1.54) is 24.0 Å². The zero-order chi connectivity index (χ0) is 27.3. The van der Waals surface area contributed by atoms with Crippen molar-refractivity contribution in [1.29, 1.82) is 0 Å². The zero-order valence-corrected chi connectivity index (χ0v) is 24.5. The van der Waals surface area contributed by atoms with E-state index in [1.807, 2.05) is 24.4 Å². The summed E-state index contributed by atoms with van der Waals surface area (Å²) >= 11 is 13.1. The van der Waals surface area contributed by atoms with Gasteiger partial charge in [0.1, 0.15) is 5.75 Å². The van der Waals surface area contributed by atoms with E-state index in [2.05, 4.69) is 85.4 Å². The molecule has 1 N–H and O–H groups in total. The van der Waals surface area contributed by atoms with Gasteiger partial charge in [-0.3, -0.25) is 4.98 Å². The van der Waals surface area contributed by atoms with Gasteiger partial charge in [-0.2, -0.15) is 0 Å². The Bertz CT molecular complexity index is 1420. The number of benzene rings is 2. The van der Waals surface area contributed by atoms with E-state index >= 15 is 0 Å². The maximum absolute atomic E-state index is 7.14. The average molecular weight is 559 g/mol. The number of halogens is 1. The molecule has 3 aliphatic rings. The summed E-state index contributed by atoms with van der Waals surface area (Å²) in [6.45, 7) is 6.62. The Kier molecular flexibility index (Phi) is 6.80. The molecule has 0 unspecified atom stereocenters. The Morgan fingerprint density at radius 2 is 1.82 bits per heavy atom. The maximum atomic E-state index is 7.14. The van der Waals surface area contributed by atoms with Crippen LogP contribution in [0.5, 0.6) is 5.75 Å². The second-order valence-corrected chi connectivity index (χ2v) is 12.2. The fourth-order valence-electron chi connectivity index (χ4n) is 6.25. The third-order valence-electron chi connectivity index (χ3n) is 8.47. The molecule has 1 aliphatic carbocycles. The molecule has 2 aromatic carbocycles. The Morgan fingerprint density at radius 3 is 2.51 bits per heavy atom. The normalized spacial score (nSPS) is 22.5. The molecule has 202 valence electrons. The van der Waals surface area contributed by atoms with E-state index in [0.717, 1.165) is 46.2 Å². The second-order valence-electron chi connectivity index (χ2n) is 11.4. The number of allylic oxidation sites excluding steroid dienone is 1. The molecule has 5 nitrogen and oxygen atoms in total. The van der Waals surface area contributed by atoms with E-state index in [1.54, 1.807) is 0 Å². The van der Waals surface area contributed by atoms with Crippen molar-refractivity contribution >= 4 is 45.9 Å². The van der Waals surface area contributed by atoms with Crippen LogP contribution in [-0.2, 0) is 0 Å². The summed E-state index contributed by atoms with van der Waals surface area (Å²) in [7, 11) is 2.13. The minimum atomic E-state index is -0.181. The summed E-state index contributed by atoms with van der Waals surface area (Å²) in [4.78, 5) is 9.17. The molecule has 39 heavy (non-hydrogen) atoms. The first kappa shape index (κ1) is 26.1. The Balaban J connectivity index is 1.43. The highest BCUT2D eigenvalue weighted by Gasteiger charge is 2.42. The fourth-order valence-corrected chi connectivity index (χ4v) is 6.86. The molecule has 0 radical (unpaired) electrons. The molecule has 1 saturated carbocycles. The molecule has 3 heterocycles. The number of nitrogens with one attached hydrogen (secondary N) is 1. The van der Waals surface area contributed by atoms with Crippen molar-refractivity contribution in [3.05, 3.63) is 88.7 Å². The number of nitrogens with zero attached hydrogens (tertiary/aromatic N) is 3. The van der Waals surface area contributed by atoms with E-state index in [4.69, 9.17) is 33.5 Å². The molecule has 2 aliphatic heterocycles. The summed E-state index contributed by atoms with van der Waals surface area (Å²) in [5, 5.41) is 4.93. The summed E-state index contributed by atoms with van der Waals surface area (Å²) in [6, 6.07) is 18.3. The van der Waals surface area contributed by atoms with Gasteiger partial charge in [0.2, 0.25) is 0 Å². The first-order valence-electron chi connectivity index (χ1n) is 13.8. The van der Waals surface area contributed by atoms with E-state index < -0.39 is 0 Å². The molecule has 0 amide bonds. The van der Waals surface area contributed by atoms with Gasteiger partial charge < -0.3 is 19.9 Å². The number of hydrogen-bond donors (Lipinski definition) is 1. The van der Waals surface area contributed by atoms with Gasteiger partial charge in [0.15, 0.2) is 5.11 Å². The van der Waals surface area contributed by atoms with Crippen molar-refractivity contribution in [3.8, 4) is 5.75 Å². The molecule has 0 spiro atoms. The molecular weight excluding hydrogens is 524 g/mol. The van der Waals surface area contributed by atoms with E-state index in [-0.39, 0.29) is 17.6 Å². The Morgan fingerprint density at radius 1 is 1.08 bits per heavy atom. The van der Waals surface area contributed by atoms with Crippen LogP contribution in [0.4, 0.5) is 11.4 Å². The predicted molar refractivity (Wildman–Crippen MR) is 165 cm³/mol. The number of hydrogen-bond acceptors (Lipinski definition) is 4. The zero-order valence-electron chi connectivity index (χ0n) is 22.9. The van der Waals surface area contributed by atoms with Gasteiger partial charge in [0.05, 0.1) is 29.4 Å². The quantitative estimate of drug-likeness (QED) is 0.321. The molecule has 7 heteroatoms. The fraction of sp³-hybridized carbons (Fsp3) is 0.375. The van der Waals surface area contributed by atoms with Crippen LogP contribution >= 0.6 is 23.8 Å². The van der Waals surface area contributed by atoms with Gasteiger partial charge in [-0.15, -0.1) is 0 Å². The molecule has 1 aromatic heterocycles. The summed E-state index contributed by atoms with van der Waals surface area (Å²) in [5.41, 5.74) is 6.41.